The van der Waals surface area contributed by atoms with Crippen molar-refractivity contribution in [3.05, 3.63) is 83.4 Å². The van der Waals surface area contributed by atoms with Gasteiger partial charge in [-0.2, -0.15) is 0 Å². The van der Waals surface area contributed by atoms with Gasteiger partial charge in [0.1, 0.15) is 5.75 Å². The number of para-hydroxylation sites is 1. The number of fused-ring (bicyclic) bond motifs is 1. The van der Waals surface area contributed by atoms with Crippen LogP contribution in [0, 0.1) is 5.82 Å². The highest BCUT2D eigenvalue weighted by Crippen LogP contribution is 2.30. The highest BCUT2D eigenvalue weighted by Gasteiger charge is 2.21. The van der Waals surface area contributed by atoms with Crippen molar-refractivity contribution in [2.45, 2.75) is 12.5 Å². The quantitative estimate of drug-likeness (QED) is 0.587. The first-order valence-electron chi connectivity index (χ1n) is 9.31. The van der Waals surface area contributed by atoms with Gasteiger partial charge in [0.05, 0.1) is 17.4 Å². The molecule has 1 atom stereocenters. The average Bonchev–Trinajstić information content (AvgIpc) is 2.74. The minimum absolute atomic E-state index is 0.00288. The molecule has 0 amide bonds. The van der Waals surface area contributed by atoms with E-state index >= 15 is 0 Å². The number of nitrogens with zero attached hydrogens (tertiary/aromatic N) is 1. The van der Waals surface area contributed by atoms with Crippen LogP contribution in [-0.2, 0) is 6.42 Å². The van der Waals surface area contributed by atoms with Crippen LogP contribution >= 0.6 is 0 Å². The maximum absolute atomic E-state index is 13.8. The fraction of sp³-hybridized carbons (Fsp3) is 0.182. The van der Waals surface area contributed by atoms with E-state index in [4.69, 9.17) is 4.74 Å². The number of halogens is 1. The maximum atomic E-state index is 13.8. The number of carboxylic acid groups (broad SMARTS) is 1. The van der Waals surface area contributed by atoms with Gasteiger partial charge in [0.25, 0.3) is 0 Å². The third kappa shape index (κ3) is 4.20. The number of aromatic carboxylic acids is 1. The maximum Gasteiger partial charge on any atom is 0.337 e. The van der Waals surface area contributed by atoms with E-state index in [1.807, 2.05) is 18.2 Å². The van der Waals surface area contributed by atoms with Crippen molar-refractivity contribution >= 4 is 11.7 Å². The standard InChI is InChI=1S/C22H20FN3O3/c23-18-3-1-2-4-21(18)29-15-5-6-16-14(11-15)7-10-25-20(16)13-26-19-12-24-9-8-17(19)22(27)28/h1-6,8-9,11-12,20,25-26H,7,10,13H2,(H,27,28)/t20-/m1/s1. The van der Waals surface area contributed by atoms with E-state index in [1.54, 1.807) is 18.2 Å². The van der Waals surface area contributed by atoms with E-state index in [2.05, 4.69) is 15.6 Å². The number of anilines is 1. The summed E-state index contributed by atoms with van der Waals surface area (Å²) in [6, 6.07) is 13.5. The van der Waals surface area contributed by atoms with Gasteiger partial charge in [-0.3, -0.25) is 4.98 Å². The summed E-state index contributed by atoms with van der Waals surface area (Å²) >= 11 is 0. The number of hydrogen-bond acceptors (Lipinski definition) is 5. The lowest BCUT2D eigenvalue weighted by Gasteiger charge is -2.28. The minimum Gasteiger partial charge on any atom is -0.478 e. The van der Waals surface area contributed by atoms with Crippen molar-refractivity contribution in [1.29, 1.82) is 0 Å². The van der Waals surface area contributed by atoms with Crippen molar-refractivity contribution in [1.82, 2.24) is 10.3 Å². The molecule has 29 heavy (non-hydrogen) atoms. The largest absolute Gasteiger partial charge is 0.478 e. The Morgan fingerprint density at radius 3 is 2.97 bits per heavy atom. The minimum atomic E-state index is -0.998. The topological polar surface area (TPSA) is 83.5 Å². The first-order chi connectivity index (χ1) is 14.1. The molecule has 7 heteroatoms. The molecule has 6 nitrogen and oxygen atoms in total. The Morgan fingerprint density at radius 2 is 2.14 bits per heavy atom. The van der Waals surface area contributed by atoms with Gasteiger partial charge in [-0.15, -0.1) is 0 Å². The van der Waals surface area contributed by atoms with Gasteiger partial charge < -0.3 is 20.5 Å². The number of pyridine rings is 1. The molecule has 0 fully saturated rings. The Bertz CT molecular complexity index is 1040. The summed E-state index contributed by atoms with van der Waals surface area (Å²) in [7, 11) is 0. The Morgan fingerprint density at radius 1 is 1.28 bits per heavy atom. The molecule has 2 heterocycles. The number of aromatic nitrogens is 1. The van der Waals surface area contributed by atoms with Crippen LogP contribution in [-0.4, -0.2) is 29.1 Å². The van der Waals surface area contributed by atoms with Gasteiger partial charge in [0.2, 0.25) is 0 Å². The van der Waals surface area contributed by atoms with Gasteiger partial charge in [-0.05, 0) is 54.4 Å². The number of carbonyl (C=O) groups is 1. The molecule has 1 aliphatic heterocycles. The highest BCUT2D eigenvalue weighted by atomic mass is 19.1. The lowest BCUT2D eigenvalue weighted by molar-refractivity contribution is 0.0697. The van der Waals surface area contributed by atoms with Crippen LogP contribution in [0.1, 0.15) is 27.5 Å². The molecule has 2 aromatic carbocycles. The van der Waals surface area contributed by atoms with Crippen molar-refractivity contribution in [2.75, 3.05) is 18.4 Å². The predicted octanol–water partition coefficient (Wildman–Crippen LogP) is 4.01. The lowest BCUT2D eigenvalue weighted by Crippen LogP contribution is -2.34. The van der Waals surface area contributed by atoms with Crippen LogP contribution in [0.3, 0.4) is 0 Å². The molecule has 3 N–H and O–H groups in total. The summed E-state index contributed by atoms with van der Waals surface area (Å²) < 4.78 is 19.5. The molecule has 0 bridgehead atoms. The van der Waals surface area contributed by atoms with Crippen molar-refractivity contribution < 1.29 is 19.0 Å². The Hall–Kier alpha value is -3.45. The number of carboxylic acids is 1. The third-order valence-electron chi connectivity index (χ3n) is 4.89. The monoisotopic (exact) mass is 393 g/mol. The summed E-state index contributed by atoms with van der Waals surface area (Å²) in [6.07, 6.45) is 3.80. The predicted molar refractivity (Wildman–Crippen MR) is 107 cm³/mol. The highest BCUT2D eigenvalue weighted by molar-refractivity contribution is 5.93. The van der Waals surface area contributed by atoms with Gasteiger partial charge in [0.15, 0.2) is 11.6 Å². The number of nitrogens with one attached hydrogen (secondary N) is 2. The molecule has 0 unspecified atom stereocenters. The van der Waals surface area contributed by atoms with Crippen LogP contribution in [0.5, 0.6) is 11.5 Å². The summed E-state index contributed by atoms with van der Waals surface area (Å²) in [6.45, 7) is 1.29. The number of rotatable bonds is 6. The van der Waals surface area contributed by atoms with Gasteiger partial charge in [-0.25, -0.2) is 9.18 Å². The SMILES string of the molecule is O=C(O)c1ccncc1NC[C@H]1NCCc2cc(Oc3ccccc3F)ccc21. The molecule has 1 aromatic heterocycles. The van der Waals surface area contributed by atoms with Crippen molar-refractivity contribution in [3.8, 4) is 11.5 Å². The van der Waals surface area contributed by atoms with E-state index in [9.17, 15) is 14.3 Å². The molecule has 1 aliphatic rings. The van der Waals surface area contributed by atoms with E-state index in [0.717, 1.165) is 24.1 Å². The van der Waals surface area contributed by atoms with Crippen molar-refractivity contribution in [2.24, 2.45) is 0 Å². The van der Waals surface area contributed by atoms with E-state index in [1.165, 1.54) is 24.5 Å². The zero-order valence-corrected chi connectivity index (χ0v) is 15.6. The van der Waals surface area contributed by atoms with Crippen LogP contribution in [0.2, 0.25) is 0 Å². The van der Waals surface area contributed by atoms with Crippen LogP contribution in [0.25, 0.3) is 0 Å². The molecule has 0 saturated heterocycles. The zero-order valence-electron chi connectivity index (χ0n) is 15.6. The molecule has 4 rings (SSSR count). The van der Waals surface area contributed by atoms with Gasteiger partial charge in [-0.1, -0.05) is 18.2 Å². The molecule has 3 aromatic rings. The Kier molecular flexibility index (Phi) is 5.39. The Balaban J connectivity index is 1.50. The van der Waals surface area contributed by atoms with E-state index in [-0.39, 0.29) is 17.4 Å². The van der Waals surface area contributed by atoms with Crippen molar-refractivity contribution in [3.63, 3.8) is 0 Å². The fourth-order valence-electron chi connectivity index (χ4n) is 3.46. The second-order valence-electron chi connectivity index (χ2n) is 6.76. The molecule has 0 radical (unpaired) electrons. The zero-order chi connectivity index (χ0) is 20.2. The first-order valence-corrected chi connectivity index (χ1v) is 9.31. The third-order valence-corrected chi connectivity index (χ3v) is 4.89. The van der Waals surface area contributed by atoms with Crippen LogP contribution in [0.15, 0.2) is 60.9 Å². The number of hydrogen-bond donors (Lipinski definition) is 3. The van der Waals surface area contributed by atoms with E-state index in [0.29, 0.717) is 18.0 Å². The average molecular weight is 393 g/mol. The molecule has 0 aliphatic carbocycles. The summed E-state index contributed by atoms with van der Waals surface area (Å²) in [5.41, 5.74) is 2.89. The van der Waals surface area contributed by atoms with Crippen LogP contribution in [0.4, 0.5) is 10.1 Å². The Labute approximate surface area is 167 Å². The summed E-state index contributed by atoms with van der Waals surface area (Å²) in [5, 5.41) is 15.9. The van der Waals surface area contributed by atoms with Crippen LogP contribution < -0.4 is 15.4 Å². The number of ether oxygens (including phenoxy) is 1. The normalized spacial score (nSPS) is 15.4. The molecular weight excluding hydrogens is 373 g/mol. The molecule has 0 saturated carbocycles. The summed E-state index contributed by atoms with van der Waals surface area (Å²) in [5.74, 6) is -0.623. The van der Waals surface area contributed by atoms with Gasteiger partial charge in [0, 0.05) is 18.8 Å². The lowest BCUT2D eigenvalue weighted by atomic mass is 9.94. The molecule has 0 spiro atoms. The summed E-state index contributed by atoms with van der Waals surface area (Å²) in [4.78, 5) is 15.4. The van der Waals surface area contributed by atoms with E-state index < -0.39 is 11.8 Å². The molecule has 148 valence electrons. The second-order valence-corrected chi connectivity index (χ2v) is 6.76. The number of benzene rings is 2. The second kappa shape index (κ2) is 8.28. The molecular formula is C22H20FN3O3. The smallest absolute Gasteiger partial charge is 0.337 e. The fourth-order valence-corrected chi connectivity index (χ4v) is 3.46. The first kappa shape index (κ1) is 18.9. The van der Waals surface area contributed by atoms with Gasteiger partial charge >= 0.3 is 5.97 Å².